The highest BCUT2D eigenvalue weighted by molar-refractivity contribution is 6.03. The van der Waals surface area contributed by atoms with Crippen LogP contribution in [-0.2, 0) is 0 Å². The third-order valence-corrected chi connectivity index (χ3v) is 3.74. The van der Waals surface area contributed by atoms with Gasteiger partial charge in [-0.1, -0.05) is 6.07 Å². The van der Waals surface area contributed by atoms with Gasteiger partial charge in [-0.05, 0) is 42.5 Å². The van der Waals surface area contributed by atoms with E-state index in [0.29, 0.717) is 22.9 Å². The molecule has 126 valence electrons. The summed E-state index contributed by atoms with van der Waals surface area (Å²) in [5, 5.41) is 3.66. The minimum Gasteiger partial charge on any atom is -0.438 e. The molecule has 0 aliphatic heterocycles. The lowest BCUT2D eigenvalue weighted by molar-refractivity contribution is 0.102. The van der Waals surface area contributed by atoms with Crippen molar-refractivity contribution in [3.05, 3.63) is 84.9 Å². The summed E-state index contributed by atoms with van der Waals surface area (Å²) in [5.41, 5.74) is 1.90. The topological polar surface area (TPSA) is 77.0 Å². The van der Waals surface area contributed by atoms with Crippen LogP contribution in [0.3, 0.4) is 0 Å². The smallest absolute Gasteiger partial charge is 0.257 e. The molecule has 0 saturated carbocycles. The number of carbonyl (C=O) groups is 1. The molecule has 3 heterocycles. The monoisotopic (exact) mass is 342 g/mol. The van der Waals surface area contributed by atoms with Crippen molar-refractivity contribution in [1.29, 1.82) is 0 Å². The Morgan fingerprint density at radius 1 is 0.885 bits per heavy atom. The summed E-state index contributed by atoms with van der Waals surface area (Å²) in [5.74, 6) is 0.807. The number of aromatic nitrogens is 3. The second-order valence-electron chi connectivity index (χ2n) is 5.51. The van der Waals surface area contributed by atoms with E-state index < -0.39 is 0 Å². The van der Waals surface area contributed by atoms with Crippen LogP contribution in [0.15, 0.2) is 79.4 Å². The first-order chi connectivity index (χ1) is 12.8. The van der Waals surface area contributed by atoms with Gasteiger partial charge in [0.05, 0.1) is 23.0 Å². The largest absolute Gasteiger partial charge is 0.438 e. The summed E-state index contributed by atoms with van der Waals surface area (Å²) in [6.07, 6.45) is 6.44. The highest BCUT2D eigenvalue weighted by atomic mass is 16.5. The standard InChI is InChI=1S/C20H14N4O2/c25-20(24-15-4-2-10-21-13-15)14-8-9-19(23-12-14)26-18-7-1-6-17-16(18)5-3-11-22-17/h1-13H,(H,24,25). The minimum absolute atomic E-state index is 0.258. The molecule has 1 aromatic carbocycles. The van der Waals surface area contributed by atoms with Crippen LogP contribution in [0.4, 0.5) is 5.69 Å². The van der Waals surface area contributed by atoms with E-state index in [1.165, 1.54) is 6.20 Å². The number of nitrogens with one attached hydrogen (secondary N) is 1. The first kappa shape index (κ1) is 15.7. The van der Waals surface area contributed by atoms with Gasteiger partial charge in [0.25, 0.3) is 5.91 Å². The van der Waals surface area contributed by atoms with Crippen LogP contribution in [-0.4, -0.2) is 20.9 Å². The average Bonchev–Trinajstić information content (AvgIpc) is 2.70. The number of ether oxygens (including phenoxy) is 1. The van der Waals surface area contributed by atoms with Gasteiger partial charge in [0, 0.05) is 30.0 Å². The molecule has 4 rings (SSSR count). The molecule has 0 fully saturated rings. The van der Waals surface area contributed by atoms with E-state index in [2.05, 4.69) is 20.3 Å². The van der Waals surface area contributed by atoms with Crippen LogP contribution in [0.25, 0.3) is 10.9 Å². The first-order valence-electron chi connectivity index (χ1n) is 7.99. The summed E-state index contributed by atoms with van der Waals surface area (Å²) in [7, 11) is 0. The van der Waals surface area contributed by atoms with Crippen molar-refractivity contribution in [3.63, 3.8) is 0 Å². The fourth-order valence-electron chi connectivity index (χ4n) is 2.49. The van der Waals surface area contributed by atoms with Crippen LogP contribution < -0.4 is 10.1 Å². The van der Waals surface area contributed by atoms with E-state index in [9.17, 15) is 4.79 Å². The van der Waals surface area contributed by atoms with Gasteiger partial charge in [0.2, 0.25) is 5.88 Å². The molecular formula is C20H14N4O2. The number of rotatable bonds is 4. The summed E-state index contributed by atoms with van der Waals surface area (Å²) in [4.78, 5) is 24.7. The molecule has 0 radical (unpaired) electrons. The number of amides is 1. The summed E-state index contributed by atoms with van der Waals surface area (Å²) < 4.78 is 5.85. The Hall–Kier alpha value is -3.80. The lowest BCUT2D eigenvalue weighted by Crippen LogP contribution is -2.12. The lowest BCUT2D eigenvalue weighted by atomic mass is 10.2. The maximum absolute atomic E-state index is 12.2. The van der Waals surface area contributed by atoms with Crippen molar-refractivity contribution < 1.29 is 9.53 Å². The van der Waals surface area contributed by atoms with Gasteiger partial charge in [-0.25, -0.2) is 4.98 Å². The van der Waals surface area contributed by atoms with Gasteiger partial charge in [-0.2, -0.15) is 0 Å². The fraction of sp³-hybridized carbons (Fsp3) is 0. The highest BCUT2D eigenvalue weighted by Gasteiger charge is 2.09. The molecule has 4 aromatic rings. The van der Waals surface area contributed by atoms with Crippen molar-refractivity contribution in [3.8, 4) is 11.6 Å². The van der Waals surface area contributed by atoms with Crippen molar-refractivity contribution in [2.75, 3.05) is 5.32 Å². The van der Waals surface area contributed by atoms with Crippen LogP contribution in [0.2, 0.25) is 0 Å². The maximum Gasteiger partial charge on any atom is 0.257 e. The Kier molecular flexibility index (Phi) is 4.22. The molecule has 0 atom stereocenters. The summed E-state index contributed by atoms with van der Waals surface area (Å²) >= 11 is 0. The van der Waals surface area contributed by atoms with Crippen LogP contribution >= 0.6 is 0 Å². The third-order valence-electron chi connectivity index (χ3n) is 3.74. The zero-order valence-electron chi connectivity index (χ0n) is 13.7. The molecule has 6 nitrogen and oxygen atoms in total. The van der Waals surface area contributed by atoms with Gasteiger partial charge in [0.1, 0.15) is 5.75 Å². The molecule has 0 saturated heterocycles. The molecule has 3 aromatic heterocycles. The zero-order valence-corrected chi connectivity index (χ0v) is 13.7. The van der Waals surface area contributed by atoms with Crippen LogP contribution in [0.5, 0.6) is 11.6 Å². The zero-order chi connectivity index (χ0) is 17.8. The van der Waals surface area contributed by atoms with Crippen LogP contribution in [0.1, 0.15) is 10.4 Å². The number of pyridine rings is 3. The van der Waals surface area contributed by atoms with Gasteiger partial charge in [0.15, 0.2) is 0 Å². The number of fused-ring (bicyclic) bond motifs is 1. The number of hydrogen-bond acceptors (Lipinski definition) is 5. The maximum atomic E-state index is 12.2. The molecule has 0 bridgehead atoms. The van der Waals surface area contributed by atoms with Crippen molar-refractivity contribution in [1.82, 2.24) is 15.0 Å². The molecule has 6 heteroatoms. The van der Waals surface area contributed by atoms with E-state index >= 15 is 0 Å². The Labute approximate surface area is 149 Å². The molecule has 1 amide bonds. The van der Waals surface area contributed by atoms with Crippen LogP contribution in [0, 0.1) is 0 Å². The predicted octanol–water partition coefficient (Wildman–Crippen LogP) is 4.07. The second-order valence-corrected chi connectivity index (χ2v) is 5.51. The lowest BCUT2D eigenvalue weighted by Gasteiger charge is -2.08. The third kappa shape index (κ3) is 3.34. The number of anilines is 1. The molecule has 0 aliphatic rings. The molecule has 1 N–H and O–H groups in total. The fourth-order valence-corrected chi connectivity index (χ4v) is 2.49. The second kappa shape index (κ2) is 6.98. The Bertz CT molecular complexity index is 1040. The molecule has 0 unspecified atom stereocenters. The van der Waals surface area contributed by atoms with Crippen molar-refractivity contribution >= 4 is 22.5 Å². The van der Waals surface area contributed by atoms with Gasteiger partial charge in [-0.15, -0.1) is 0 Å². The Balaban J connectivity index is 1.51. The SMILES string of the molecule is O=C(Nc1cccnc1)c1ccc(Oc2cccc3ncccc23)nc1. The molecule has 0 aliphatic carbocycles. The van der Waals surface area contributed by atoms with Crippen molar-refractivity contribution in [2.45, 2.75) is 0 Å². The first-order valence-corrected chi connectivity index (χ1v) is 7.99. The normalized spacial score (nSPS) is 10.5. The number of carbonyl (C=O) groups excluding carboxylic acids is 1. The molecule has 0 spiro atoms. The van der Waals surface area contributed by atoms with Gasteiger partial charge in [-0.3, -0.25) is 14.8 Å². The predicted molar refractivity (Wildman–Crippen MR) is 98.2 cm³/mol. The quantitative estimate of drug-likeness (QED) is 0.605. The average molecular weight is 342 g/mol. The number of hydrogen-bond donors (Lipinski definition) is 1. The Morgan fingerprint density at radius 2 is 1.81 bits per heavy atom. The minimum atomic E-state index is -0.258. The van der Waals surface area contributed by atoms with E-state index in [4.69, 9.17) is 4.74 Å². The highest BCUT2D eigenvalue weighted by Crippen LogP contribution is 2.27. The van der Waals surface area contributed by atoms with E-state index in [1.54, 1.807) is 42.9 Å². The number of benzene rings is 1. The summed E-state index contributed by atoms with van der Waals surface area (Å²) in [6, 6.07) is 16.3. The van der Waals surface area contributed by atoms with E-state index in [0.717, 1.165) is 10.9 Å². The number of nitrogens with zero attached hydrogens (tertiary/aromatic N) is 3. The summed E-state index contributed by atoms with van der Waals surface area (Å²) in [6.45, 7) is 0. The van der Waals surface area contributed by atoms with E-state index in [1.807, 2.05) is 30.3 Å². The molecule has 26 heavy (non-hydrogen) atoms. The van der Waals surface area contributed by atoms with Gasteiger partial charge >= 0.3 is 0 Å². The van der Waals surface area contributed by atoms with Crippen molar-refractivity contribution in [2.24, 2.45) is 0 Å². The molecular weight excluding hydrogens is 328 g/mol. The Morgan fingerprint density at radius 3 is 2.62 bits per heavy atom. The van der Waals surface area contributed by atoms with Gasteiger partial charge < -0.3 is 10.1 Å². The van der Waals surface area contributed by atoms with E-state index in [-0.39, 0.29) is 5.91 Å².